The number of likely N-dealkylation sites (N-methyl/N-ethyl adjacent to an activating group) is 1. The first kappa shape index (κ1) is 17.0. The molecule has 2 aromatic heterocycles. The number of hydrogen-bond acceptors (Lipinski definition) is 2. The van der Waals surface area contributed by atoms with Crippen LogP contribution in [-0.4, -0.2) is 28.0 Å². The molecular formula is C22H24FN3. The van der Waals surface area contributed by atoms with Crippen LogP contribution in [0.4, 0.5) is 4.39 Å². The number of halogens is 1. The maximum Gasteiger partial charge on any atom is 0.131 e. The van der Waals surface area contributed by atoms with Crippen molar-refractivity contribution in [2.75, 3.05) is 13.6 Å². The number of aromatic nitrogens is 2. The summed E-state index contributed by atoms with van der Waals surface area (Å²) in [4.78, 5) is 6.57. The first-order valence-corrected chi connectivity index (χ1v) is 9.07. The molecule has 0 spiro atoms. The van der Waals surface area contributed by atoms with Crippen molar-refractivity contribution in [1.29, 1.82) is 0 Å². The van der Waals surface area contributed by atoms with Gasteiger partial charge >= 0.3 is 0 Å². The molecule has 0 N–H and O–H groups in total. The van der Waals surface area contributed by atoms with E-state index < -0.39 is 6.67 Å². The third-order valence-corrected chi connectivity index (χ3v) is 5.27. The molecular weight excluding hydrogens is 325 g/mol. The Balaban J connectivity index is 1.85. The number of hydrogen-bond donors (Lipinski definition) is 0. The average molecular weight is 349 g/mol. The van der Waals surface area contributed by atoms with Crippen LogP contribution < -0.4 is 0 Å². The molecule has 0 aliphatic carbocycles. The quantitative estimate of drug-likeness (QED) is 0.676. The van der Waals surface area contributed by atoms with Gasteiger partial charge in [0.2, 0.25) is 0 Å². The molecule has 26 heavy (non-hydrogen) atoms. The number of benzene rings is 1. The minimum absolute atomic E-state index is 0.476. The van der Waals surface area contributed by atoms with Gasteiger partial charge in [-0.05, 0) is 55.8 Å². The highest BCUT2D eigenvalue weighted by atomic mass is 19.1. The Morgan fingerprint density at radius 1 is 1.27 bits per heavy atom. The lowest BCUT2D eigenvalue weighted by Gasteiger charge is -2.23. The second-order valence-corrected chi connectivity index (χ2v) is 7.29. The number of nitrogens with zero attached hydrogens (tertiary/aromatic N) is 3. The van der Waals surface area contributed by atoms with E-state index in [2.05, 4.69) is 59.7 Å². The summed E-state index contributed by atoms with van der Waals surface area (Å²) in [7, 11) is 2.18. The summed E-state index contributed by atoms with van der Waals surface area (Å²) < 4.78 is 15.0. The molecule has 3 heterocycles. The van der Waals surface area contributed by atoms with Gasteiger partial charge in [-0.1, -0.05) is 17.7 Å². The third-order valence-electron chi connectivity index (χ3n) is 5.27. The van der Waals surface area contributed by atoms with E-state index in [4.69, 9.17) is 0 Å². The molecule has 0 saturated carbocycles. The maximum absolute atomic E-state index is 12.7. The second-order valence-electron chi connectivity index (χ2n) is 7.29. The highest BCUT2D eigenvalue weighted by Crippen LogP contribution is 2.32. The van der Waals surface area contributed by atoms with Crippen LogP contribution in [0, 0.1) is 6.92 Å². The van der Waals surface area contributed by atoms with E-state index in [0.29, 0.717) is 5.69 Å². The second kappa shape index (κ2) is 6.69. The van der Waals surface area contributed by atoms with Gasteiger partial charge in [0.15, 0.2) is 0 Å². The van der Waals surface area contributed by atoms with E-state index in [-0.39, 0.29) is 0 Å². The topological polar surface area (TPSA) is 21.1 Å². The monoisotopic (exact) mass is 349 g/mol. The molecule has 0 fully saturated rings. The summed E-state index contributed by atoms with van der Waals surface area (Å²) in [6.07, 6.45) is 5.01. The van der Waals surface area contributed by atoms with E-state index >= 15 is 0 Å². The largest absolute Gasteiger partial charge is 0.320 e. The minimum atomic E-state index is -0.522. The summed E-state index contributed by atoms with van der Waals surface area (Å²) in [6.45, 7) is 5.78. The summed E-state index contributed by atoms with van der Waals surface area (Å²) in [5, 5.41) is 1.35. The van der Waals surface area contributed by atoms with Crippen LogP contribution in [0.1, 0.15) is 35.0 Å². The smallest absolute Gasteiger partial charge is 0.131 e. The van der Waals surface area contributed by atoms with Crippen molar-refractivity contribution >= 4 is 22.7 Å². The SMILES string of the molecule is C/C(=C\n1c2c(c3cc(C)ccc31)CN(C)CC2)c1ccc(CF)nc1. The van der Waals surface area contributed by atoms with E-state index in [9.17, 15) is 4.39 Å². The lowest BCUT2D eigenvalue weighted by Crippen LogP contribution is -2.26. The summed E-state index contributed by atoms with van der Waals surface area (Å²) in [5.74, 6) is 0. The molecule has 4 rings (SSSR count). The van der Waals surface area contributed by atoms with Gasteiger partial charge in [-0.15, -0.1) is 0 Å². The van der Waals surface area contributed by atoms with E-state index in [1.165, 1.54) is 27.7 Å². The lowest BCUT2D eigenvalue weighted by atomic mass is 10.0. The van der Waals surface area contributed by atoms with Gasteiger partial charge in [0.1, 0.15) is 6.67 Å². The molecule has 0 bridgehead atoms. The highest BCUT2D eigenvalue weighted by molar-refractivity contribution is 5.90. The Kier molecular flexibility index (Phi) is 4.37. The molecule has 1 aliphatic heterocycles. The number of alkyl halides is 1. The van der Waals surface area contributed by atoms with Crippen molar-refractivity contribution in [2.45, 2.75) is 33.5 Å². The maximum atomic E-state index is 12.7. The van der Waals surface area contributed by atoms with Crippen molar-refractivity contribution in [3.63, 3.8) is 0 Å². The van der Waals surface area contributed by atoms with Crippen LogP contribution in [0.15, 0.2) is 36.5 Å². The molecule has 0 unspecified atom stereocenters. The van der Waals surface area contributed by atoms with Crippen LogP contribution in [0.25, 0.3) is 22.7 Å². The molecule has 134 valence electrons. The lowest BCUT2D eigenvalue weighted by molar-refractivity contribution is 0.312. The van der Waals surface area contributed by atoms with Gasteiger partial charge in [-0.2, -0.15) is 0 Å². The molecule has 0 saturated heterocycles. The fourth-order valence-corrected chi connectivity index (χ4v) is 3.79. The summed E-state index contributed by atoms with van der Waals surface area (Å²) >= 11 is 0. The normalized spacial score (nSPS) is 15.5. The standard InChI is InChI=1S/C22H24FN3/c1-15-4-7-21-19(10-15)20-14-25(3)9-8-22(20)26(21)13-16(2)17-5-6-18(11-23)24-12-17/h4-7,10,12-13H,8-9,11,14H2,1-3H3/b16-13+. The van der Waals surface area contributed by atoms with E-state index in [1.54, 1.807) is 12.3 Å². The average Bonchev–Trinajstić information content (AvgIpc) is 2.94. The summed E-state index contributed by atoms with van der Waals surface area (Å²) in [5.41, 5.74) is 8.01. The predicted molar refractivity (Wildman–Crippen MR) is 106 cm³/mol. The first-order valence-electron chi connectivity index (χ1n) is 9.07. The number of fused-ring (bicyclic) bond motifs is 3. The van der Waals surface area contributed by atoms with Gasteiger partial charge in [0.05, 0.1) is 11.2 Å². The number of pyridine rings is 1. The molecule has 0 amide bonds. The Labute approximate surface area is 153 Å². The Morgan fingerprint density at radius 2 is 2.12 bits per heavy atom. The Morgan fingerprint density at radius 3 is 2.85 bits per heavy atom. The number of rotatable bonds is 3. The number of aryl methyl sites for hydroxylation is 1. The zero-order valence-corrected chi connectivity index (χ0v) is 15.6. The molecule has 1 aliphatic rings. The molecule has 3 nitrogen and oxygen atoms in total. The summed E-state index contributed by atoms with van der Waals surface area (Å²) in [6, 6.07) is 10.4. The molecule has 0 radical (unpaired) electrons. The van der Waals surface area contributed by atoms with Crippen LogP contribution >= 0.6 is 0 Å². The van der Waals surface area contributed by atoms with Crippen molar-refractivity contribution in [1.82, 2.24) is 14.5 Å². The van der Waals surface area contributed by atoms with Crippen LogP contribution in [0.3, 0.4) is 0 Å². The van der Waals surface area contributed by atoms with Gasteiger partial charge in [0, 0.05) is 43.0 Å². The van der Waals surface area contributed by atoms with Crippen molar-refractivity contribution < 1.29 is 4.39 Å². The molecule has 1 aromatic carbocycles. The minimum Gasteiger partial charge on any atom is -0.320 e. The van der Waals surface area contributed by atoms with Crippen molar-refractivity contribution in [2.24, 2.45) is 0 Å². The predicted octanol–water partition coefficient (Wildman–Crippen LogP) is 4.82. The fourth-order valence-electron chi connectivity index (χ4n) is 3.79. The molecule has 4 heteroatoms. The van der Waals surface area contributed by atoms with Gasteiger partial charge in [0.25, 0.3) is 0 Å². The van der Waals surface area contributed by atoms with Crippen LogP contribution in [0.2, 0.25) is 0 Å². The van der Waals surface area contributed by atoms with Gasteiger partial charge in [-0.3, -0.25) is 4.98 Å². The van der Waals surface area contributed by atoms with E-state index in [0.717, 1.165) is 30.6 Å². The zero-order chi connectivity index (χ0) is 18.3. The Hall–Kier alpha value is -2.46. The van der Waals surface area contributed by atoms with Gasteiger partial charge < -0.3 is 9.47 Å². The van der Waals surface area contributed by atoms with Crippen molar-refractivity contribution in [3.8, 4) is 0 Å². The Bertz CT molecular complexity index is 983. The van der Waals surface area contributed by atoms with Crippen molar-refractivity contribution in [3.05, 3.63) is 64.6 Å². The molecule has 0 atom stereocenters. The highest BCUT2D eigenvalue weighted by Gasteiger charge is 2.21. The first-order chi connectivity index (χ1) is 12.6. The number of allylic oxidation sites excluding steroid dienone is 1. The third kappa shape index (κ3) is 2.95. The fraction of sp³-hybridized carbons (Fsp3) is 0.318. The van der Waals surface area contributed by atoms with Gasteiger partial charge in [-0.25, -0.2) is 4.39 Å². The van der Waals surface area contributed by atoms with Crippen LogP contribution in [0.5, 0.6) is 0 Å². The molecule has 3 aromatic rings. The van der Waals surface area contributed by atoms with Crippen LogP contribution in [-0.2, 0) is 19.6 Å². The zero-order valence-electron chi connectivity index (χ0n) is 15.6. The van der Waals surface area contributed by atoms with E-state index in [1.807, 2.05) is 6.07 Å².